The lowest BCUT2D eigenvalue weighted by Crippen LogP contribution is -2.12. The minimum atomic E-state index is -1.06. The Balaban J connectivity index is 1.65. The van der Waals surface area contributed by atoms with E-state index < -0.39 is 17.7 Å². The molecule has 3 aromatic carbocycles. The number of Topliss-reactive ketones (excluding diaryl/α,β-unsaturated/α-hetero) is 1. The summed E-state index contributed by atoms with van der Waals surface area (Å²) in [4.78, 5) is 25.2. The molecule has 1 heterocycles. The van der Waals surface area contributed by atoms with Gasteiger partial charge in [0.05, 0.1) is 0 Å². The SMILES string of the molecule is Cc1ccccc1-c1ccc(/C=C2\OC(=O)C(c3cc(Cl)cc(Cl)c3)C2=O)cc1C. The van der Waals surface area contributed by atoms with Gasteiger partial charge in [0.25, 0.3) is 0 Å². The number of ether oxygens (including phenoxy) is 1. The van der Waals surface area contributed by atoms with Crippen LogP contribution in [0.3, 0.4) is 0 Å². The number of hydrogen-bond donors (Lipinski definition) is 0. The van der Waals surface area contributed by atoms with Crippen molar-refractivity contribution in [1.29, 1.82) is 0 Å². The Kier molecular flexibility index (Phi) is 5.50. The lowest BCUT2D eigenvalue weighted by Gasteiger charge is -2.10. The second-order valence-electron chi connectivity index (χ2n) is 7.32. The first-order valence-electron chi connectivity index (χ1n) is 9.44. The predicted octanol–water partition coefficient (Wildman–Crippen LogP) is 6.53. The molecule has 0 radical (unpaired) electrons. The molecule has 0 amide bonds. The van der Waals surface area contributed by atoms with Crippen LogP contribution in [-0.4, -0.2) is 11.8 Å². The third-order valence-electron chi connectivity index (χ3n) is 5.15. The van der Waals surface area contributed by atoms with Gasteiger partial charge in [-0.25, -0.2) is 0 Å². The molecule has 5 heteroatoms. The van der Waals surface area contributed by atoms with E-state index >= 15 is 0 Å². The minimum Gasteiger partial charge on any atom is -0.422 e. The Morgan fingerprint density at radius 1 is 0.833 bits per heavy atom. The highest BCUT2D eigenvalue weighted by atomic mass is 35.5. The monoisotopic (exact) mass is 436 g/mol. The van der Waals surface area contributed by atoms with Crippen molar-refractivity contribution in [3.8, 4) is 11.1 Å². The standard InChI is InChI=1S/C25H18Cl2O3/c1-14-5-3-4-6-20(14)21-8-7-16(9-15(21)2)10-22-24(28)23(25(29)30-22)17-11-18(26)13-19(27)12-17/h3-13,23H,1-2H3/b22-10-. The van der Waals surface area contributed by atoms with Gasteiger partial charge in [0.1, 0.15) is 5.92 Å². The Bertz CT molecular complexity index is 1190. The molecule has 0 bridgehead atoms. The van der Waals surface area contributed by atoms with E-state index in [1.807, 2.05) is 37.3 Å². The summed E-state index contributed by atoms with van der Waals surface area (Å²) in [6, 6.07) is 18.7. The Hall–Kier alpha value is -2.88. The van der Waals surface area contributed by atoms with E-state index in [0.717, 1.165) is 22.3 Å². The smallest absolute Gasteiger partial charge is 0.327 e. The van der Waals surface area contributed by atoms with Gasteiger partial charge in [-0.1, -0.05) is 65.7 Å². The highest BCUT2D eigenvalue weighted by molar-refractivity contribution is 6.35. The summed E-state index contributed by atoms with van der Waals surface area (Å²) in [5.74, 6) is -2.07. The van der Waals surface area contributed by atoms with E-state index in [2.05, 4.69) is 19.1 Å². The lowest BCUT2D eigenvalue weighted by atomic mass is 9.94. The summed E-state index contributed by atoms with van der Waals surface area (Å²) in [5, 5.41) is 0.718. The van der Waals surface area contributed by atoms with Crippen molar-refractivity contribution >= 4 is 41.0 Å². The molecule has 3 nitrogen and oxygen atoms in total. The van der Waals surface area contributed by atoms with Crippen molar-refractivity contribution in [3.63, 3.8) is 0 Å². The summed E-state index contributed by atoms with van der Waals surface area (Å²) in [6.45, 7) is 4.09. The van der Waals surface area contributed by atoms with Crippen molar-refractivity contribution in [3.05, 3.63) is 98.7 Å². The first-order valence-corrected chi connectivity index (χ1v) is 10.2. The largest absolute Gasteiger partial charge is 0.422 e. The lowest BCUT2D eigenvalue weighted by molar-refractivity contribution is -0.136. The van der Waals surface area contributed by atoms with Crippen LogP contribution in [0.2, 0.25) is 10.0 Å². The fourth-order valence-corrected chi connectivity index (χ4v) is 4.25. The molecule has 0 aromatic heterocycles. The fourth-order valence-electron chi connectivity index (χ4n) is 3.70. The molecule has 30 heavy (non-hydrogen) atoms. The first kappa shape index (κ1) is 20.4. The van der Waals surface area contributed by atoms with Crippen LogP contribution >= 0.6 is 23.2 Å². The van der Waals surface area contributed by atoms with E-state index in [1.54, 1.807) is 24.3 Å². The molecule has 4 rings (SSSR count). The maximum atomic E-state index is 12.9. The van der Waals surface area contributed by atoms with Gasteiger partial charge in [-0.2, -0.15) is 0 Å². The van der Waals surface area contributed by atoms with Crippen LogP contribution in [0.1, 0.15) is 28.2 Å². The Labute approximate surface area is 184 Å². The highest BCUT2D eigenvalue weighted by Gasteiger charge is 2.41. The highest BCUT2D eigenvalue weighted by Crippen LogP contribution is 2.34. The van der Waals surface area contributed by atoms with Gasteiger partial charge in [0, 0.05) is 10.0 Å². The van der Waals surface area contributed by atoms with Crippen molar-refractivity contribution in [2.24, 2.45) is 0 Å². The number of ketones is 1. The number of esters is 1. The summed E-state index contributed by atoms with van der Waals surface area (Å²) >= 11 is 12.0. The van der Waals surface area contributed by atoms with Crippen molar-refractivity contribution < 1.29 is 14.3 Å². The topological polar surface area (TPSA) is 43.4 Å². The summed E-state index contributed by atoms with van der Waals surface area (Å²) in [7, 11) is 0. The molecule has 0 saturated carbocycles. The molecule has 3 aromatic rings. The third kappa shape index (κ3) is 3.91. The number of aryl methyl sites for hydroxylation is 2. The minimum absolute atomic E-state index is 0.0177. The number of carbonyl (C=O) groups is 2. The van der Waals surface area contributed by atoms with Crippen molar-refractivity contribution in [2.75, 3.05) is 0 Å². The number of halogens is 2. The number of benzene rings is 3. The summed E-state index contributed by atoms with van der Waals surface area (Å²) in [6.07, 6.45) is 1.60. The average molecular weight is 437 g/mol. The fraction of sp³-hybridized carbons (Fsp3) is 0.120. The first-order chi connectivity index (χ1) is 14.3. The van der Waals surface area contributed by atoms with E-state index in [0.29, 0.717) is 15.6 Å². The molecule has 0 N–H and O–H groups in total. The van der Waals surface area contributed by atoms with Crippen molar-refractivity contribution in [1.82, 2.24) is 0 Å². The van der Waals surface area contributed by atoms with E-state index in [-0.39, 0.29) is 5.76 Å². The van der Waals surface area contributed by atoms with Gasteiger partial charge >= 0.3 is 5.97 Å². The molecule has 0 aliphatic carbocycles. The molecule has 1 aliphatic heterocycles. The molecular formula is C25H18Cl2O3. The molecule has 0 spiro atoms. The molecular weight excluding hydrogens is 419 g/mol. The summed E-state index contributed by atoms with van der Waals surface area (Å²) in [5.41, 5.74) is 5.75. The Morgan fingerprint density at radius 3 is 2.17 bits per heavy atom. The van der Waals surface area contributed by atoms with Gasteiger partial charge in [0.15, 0.2) is 5.76 Å². The van der Waals surface area contributed by atoms with E-state index in [1.165, 1.54) is 5.56 Å². The maximum absolute atomic E-state index is 12.9. The van der Waals surface area contributed by atoms with Crippen LogP contribution in [0.25, 0.3) is 17.2 Å². The maximum Gasteiger partial charge on any atom is 0.327 e. The normalized spacial score (nSPS) is 17.5. The van der Waals surface area contributed by atoms with E-state index in [9.17, 15) is 9.59 Å². The van der Waals surface area contributed by atoms with Crippen LogP contribution in [0.4, 0.5) is 0 Å². The van der Waals surface area contributed by atoms with Gasteiger partial charge in [0.2, 0.25) is 5.78 Å². The Morgan fingerprint density at radius 2 is 1.50 bits per heavy atom. The second kappa shape index (κ2) is 8.10. The molecule has 150 valence electrons. The quantitative estimate of drug-likeness (QED) is 0.266. The van der Waals surface area contributed by atoms with Crippen molar-refractivity contribution in [2.45, 2.75) is 19.8 Å². The predicted molar refractivity (Wildman–Crippen MR) is 120 cm³/mol. The number of cyclic esters (lactones) is 1. The molecule has 1 saturated heterocycles. The van der Waals surface area contributed by atoms with Crippen LogP contribution in [0, 0.1) is 13.8 Å². The zero-order chi connectivity index (χ0) is 21.4. The second-order valence-corrected chi connectivity index (χ2v) is 8.19. The van der Waals surface area contributed by atoms with Gasteiger partial charge in [-0.15, -0.1) is 0 Å². The summed E-state index contributed by atoms with van der Waals surface area (Å²) < 4.78 is 5.28. The molecule has 1 unspecified atom stereocenters. The molecule has 1 fully saturated rings. The van der Waals surface area contributed by atoms with Crippen LogP contribution < -0.4 is 0 Å². The number of rotatable bonds is 3. The average Bonchev–Trinajstić information content (AvgIpc) is 2.95. The molecule has 1 aliphatic rings. The van der Waals surface area contributed by atoms with Gasteiger partial charge in [-0.05, 0) is 71.5 Å². The van der Waals surface area contributed by atoms with Gasteiger partial charge in [-0.3, -0.25) is 9.59 Å². The van der Waals surface area contributed by atoms with Crippen LogP contribution in [-0.2, 0) is 14.3 Å². The molecule has 1 atom stereocenters. The van der Waals surface area contributed by atoms with E-state index in [4.69, 9.17) is 27.9 Å². The zero-order valence-corrected chi connectivity index (χ0v) is 17.9. The number of hydrogen-bond acceptors (Lipinski definition) is 3. The van der Waals surface area contributed by atoms with Crippen LogP contribution in [0.5, 0.6) is 0 Å². The zero-order valence-electron chi connectivity index (χ0n) is 16.4. The van der Waals surface area contributed by atoms with Crippen LogP contribution in [0.15, 0.2) is 66.4 Å². The number of allylic oxidation sites excluding steroid dienone is 1. The number of carbonyl (C=O) groups excluding carboxylic acids is 2. The van der Waals surface area contributed by atoms with Gasteiger partial charge < -0.3 is 4.74 Å². The third-order valence-corrected chi connectivity index (χ3v) is 5.59.